The first-order valence-electron chi connectivity index (χ1n) is 12.0. The van der Waals surface area contributed by atoms with Crippen molar-refractivity contribution < 1.29 is 32.2 Å². The molecule has 2 aromatic carbocycles. The number of likely N-dealkylation sites (N-methyl/N-ethyl adjacent to an activating group) is 1. The quantitative estimate of drug-likeness (QED) is 0.334. The van der Waals surface area contributed by atoms with Crippen LogP contribution in [0, 0.1) is 0 Å². The maximum Gasteiger partial charge on any atom is 0.416 e. The number of nitrogens with one attached hydrogen (secondary N) is 1. The zero-order valence-corrected chi connectivity index (χ0v) is 22.6. The van der Waals surface area contributed by atoms with Gasteiger partial charge in [0.05, 0.1) is 17.9 Å². The largest absolute Gasteiger partial charge is 0.449 e. The minimum Gasteiger partial charge on any atom is -0.449 e. The smallest absolute Gasteiger partial charge is 0.416 e. The highest BCUT2D eigenvalue weighted by Gasteiger charge is 2.31. The number of alkyl halides is 3. The molecule has 0 unspecified atom stereocenters. The number of nitrogens with zero attached hydrogens (tertiary/aromatic N) is 1. The molecule has 2 amide bonds. The number of carbonyl (C=O) groups is 2. The Hall–Kier alpha value is -3.85. The van der Waals surface area contributed by atoms with Crippen LogP contribution in [0.1, 0.15) is 49.2 Å². The van der Waals surface area contributed by atoms with Crippen LogP contribution in [0.4, 0.5) is 18.9 Å². The van der Waals surface area contributed by atoms with E-state index in [0.717, 1.165) is 17.7 Å². The molecule has 206 valence electrons. The predicted octanol–water partition coefficient (Wildman–Crippen LogP) is 6.64. The molecule has 2 aromatic rings. The molecule has 0 aliphatic carbocycles. The molecule has 38 heavy (non-hydrogen) atoms. The van der Waals surface area contributed by atoms with Gasteiger partial charge in [-0.1, -0.05) is 43.7 Å². The summed E-state index contributed by atoms with van der Waals surface area (Å²) in [5, 5.41) is 2.80. The van der Waals surface area contributed by atoms with Crippen molar-refractivity contribution in [2.45, 2.75) is 33.9 Å². The maximum absolute atomic E-state index is 12.7. The molecule has 3 rings (SSSR count). The second kappa shape index (κ2) is 15.4. The number of amides is 2. The van der Waals surface area contributed by atoms with Crippen LogP contribution in [-0.2, 0) is 15.7 Å². The minimum absolute atomic E-state index is 0.0583. The van der Waals surface area contributed by atoms with Gasteiger partial charge in [0.15, 0.2) is 11.5 Å². The van der Waals surface area contributed by atoms with Crippen molar-refractivity contribution in [2.75, 3.05) is 32.2 Å². The van der Waals surface area contributed by atoms with Gasteiger partial charge in [0.25, 0.3) is 11.8 Å². The average molecular weight is 533 g/mol. The Kier molecular flexibility index (Phi) is 13.1. The van der Waals surface area contributed by atoms with Crippen LogP contribution in [0.15, 0.2) is 72.5 Å². The number of hydrogen-bond acceptors (Lipinski definition) is 4. The van der Waals surface area contributed by atoms with E-state index >= 15 is 0 Å². The lowest BCUT2D eigenvalue weighted by Crippen LogP contribution is -2.34. The number of rotatable bonds is 6. The van der Waals surface area contributed by atoms with Gasteiger partial charge in [-0.3, -0.25) is 9.59 Å². The fraction of sp³-hybridized carbons (Fsp3) is 0.310. The number of anilines is 1. The van der Waals surface area contributed by atoms with E-state index in [1.165, 1.54) is 29.2 Å². The summed E-state index contributed by atoms with van der Waals surface area (Å²) in [6.45, 7) is 12.3. The van der Waals surface area contributed by atoms with Crippen molar-refractivity contribution in [3.63, 3.8) is 0 Å². The van der Waals surface area contributed by atoms with Crippen LogP contribution in [0.25, 0.3) is 6.08 Å². The van der Waals surface area contributed by atoms with Crippen molar-refractivity contribution in [1.82, 2.24) is 5.32 Å². The molecular weight excluding hydrogens is 497 g/mol. The van der Waals surface area contributed by atoms with E-state index in [0.29, 0.717) is 35.7 Å². The summed E-state index contributed by atoms with van der Waals surface area (Å²) in [6, 6.07) is 9.12. The van der Waals surface area contributed by atoms with Crippen molar-refractivity contribution >= 4 is 23.6 Å². The fourth-order valence-electron chi connectivity index (χ4n) is 3.00. The Morgan fingerprint density at radius 1 is 1.16 bits per heavy atom. The molecule has 1 heterocycles. The van der Waals surface area contributed by atoms with E-state index < -0.39 is 17.6 Å². The van der Waals surface area contributed by atoms with Crippen LogP contribution in [-0.4, -0.2) is 39.1 Å². The maximum atomic E-state index is 12.7. The molecule has 0 bridgehead atoms. The second-order valence-corrected chi connectivity index (χ2v) is 7.84. The van der Waals surface area contributed by atoms with Gasteiger partial charge in [-0.15, -0.1) is 6.58 Å². The highest BCUT2D eigenvalue weighted by Crippen LogP contribution is 2.36. The molecule has 0 spiro atoms. The third-order valence-electron chi connectivity index (χ3n) is 5.16. The van der Waals surface area contributed by atoms with Gasteiger partial charge in [-0.25, -0.2) is 0 Å². The second-order valence-electron chi connectivity index (χ2n) is 7.84. The highest BCUT2D eigenvalue weighted by atomic mass is 19.4. The van der Waals surface area contributed by atoms with Crippen molar-refractivity contribution in [3.05, 3.63) is 89.2 Å². The lowest BCUT2D eigenvalue weighted by atomic mass is 10.1. The van der Waals surface area contributed by atoms with Crippen LogP contribution < -0.4 is 15.0 Å². The Morgan fingerprint density at radius 2 is 1.79 bits per heavy atom. The Bertz CT molecular complexity index is 1150. The van der Waals surface area contributed by atoms with Crippen molar-refractivity contribution in [2.24, 2.45) is 0 Å². The summed E-state index contributed by atoms with van der Waals surface area (Å²) in [6.07, 6.45) is 0.531. The van der Waals surface area contributed by atoms with Gasteiger partial charge in [-0.05, 0) is 55.8 Å². The standard InChI is InChI=1S/C23H21F3N2O3.C4H8O.C2H6/c1-4-14(2)13-27-21(29)16-7-10-18-19(12-16)31-20(22(30)28(18)3)11-15-5-8-17(9-6-15)23(24,25)26;1-3-4-5-2;1-2/h4-12H,13H2,1-3H3,(H,27,29);3H,1,4H2,2H3;1-2H3/b14-4+,20-11-;;. The minimum atomic E-state index is -4.44. The molecule has 6 nitrogen and oxygen atoms in total. The summed E-state index contributed by atoms with van der Waals surface area (Å²) in [4.78, 5) is 26.4. The topological polar surface area (TPSA) is 67.9 Å². The molecule has 9 heteroatoms. The molecule has 1 aliphatic rings. The molecule has 0 atom stereocenters. The van der Waals surface area contributed by atoms with E-state index in [9.17, 15) is 22.8 Å². The van der Waals surface area contributed by atoms with E-state index in [4.69, 9.17) is 4.74 Å². The van der Waals surface area contributed by atoms with Crippen molar-refractivity contribution in [1.29, 1.82) is 0 Å². The number of ether oxygens (including phenoxy) is 2. The number of allylic oxidation sites excluding steroid dienone is 1. The molecule has 0 saturated carbocycles. The van der Waals surface area contributed by atoms with Gasteiger partial charge in [-0.2, -0.15) is 13.2 Å². The molecule has 0 aromatic heterocycles. The van der Waals surface area contributed by atoms with E-state index in [-0.39, 0.29) is 11.7 Å². The van der Waals surface area contributed by atoms with Gasteiger partial charge < -0.3 is 19.7 Å². The number of benzene rings is 2. The molecule has 0 fully saturated rings. The first-order valence-corrected chi connectivity index (χ1v) is 12.0. The third-order valence-corrected chi connectivity index (χ3v) is 5.16. The number of methoxy groups -OCH3 is 1. The highest BCUT2D eigenvalue weighted by molar-refractivity contribution is 6.10. The Labute approximate surface area is 222 Å². The lowest BCUT2D eigenvalue weighted by Gasteiger charge is -2.27. The van der Waals surface area contributed by atoms with Gasteiger partial charge >= 0.3 is 6.18 Å². The van der Waals surface area contributed by atoms with Crippen LogP contribution in [0.3, 0.4) is 0 Å². The zero-order chi connectivity index (χ0) is 28.9. The molecule has 1 aliphatic heterocycles. The van der Waals surface area contributed by atoms with E-state index in [1.54, 1.807) is 32.4 Å². The molecule has 0 saturated heterocycles. The zero-order valence-electron chi connectivity index (χ0n) is 22.6. The van der Waals surface area contributed by atoms with Gasteiger partial charge in [0, 0.05) is 26.3 Å². The van der Waals surface area contributed by atoms with Crippen LogP contribution in [0.2, 0.25) is 0 Å². The summed E-state index contributed by atoms with van der Waals surface area (Å²) in [5.41, 5.74) is 1.45. The SMILES string of the molecule is C/C=C(\C)CNC(=O)c1ccc2c(c1)O/C(=C\c1ccc(C(F)(F)F)cc1)C(=O)N2C.C=CCOC.CC. The predicted molar refractivity (Wildman–Crippen MR) is 145 cm³/mol. The number of fused-ring (bicyclic) bond motifs is 1. The number of carbonyl (C=O) groups excluding carboxylic acids is 2. The van der Waals surface area contributed by atoms with Gasteiger partial charge in [0.2, 0.25) is 0 Å². The van der Waals surface area contributed by atoms with E-state index in [1.807, 2.05) is 33.8 Å². The summed E-state index contributed by atoms with van der Waals surface area (Å²) in [7, 11) is 3.20. The number of halogens is 3. The van der Waals surface area contributed by atoms with E-state index in [2.05, 4.69) is 16.6 Å². The van der Waals surface area contributed by atoms with Crippen LogP contribution >= 0.6 is 0 Å². The summed E-state index contributed by atoms with van der Waals surface area (Å²) in [5.74, 6) is -0.499. The van der Waals surface area contributed by atoms with Crippen molar-refractivity contribution in [3.8, 4) is 5.75 Å². The monoisotopic (exact) mass is 532 g/mol. The summed E-state index contributed by atoms with van der Waals surface area (Å²) < 4.78 is 48.5. The van der Waals surface area contributed by atoms with Gasteiger partial charge in [0.1, 0.15) is 0 Å². The molecule has 0 radical (unpaired) electrons. The average Bonchev–Trinajstić information content (AvgIpc) is 2.91. The Morgan fingerprint density at radius 3 is 2.29 bits per heavy atom. The summed E-state index contributed by atoms with van der Waals surface area (Å²) >= 11 is 0. The Balaban J connectivity index is 0.000000924. The lowest BCUT2D eigenvalue weighted by molar-refractivity contribution is -0.137. The third kappa shape index (κ3) is 9.23. The fourth-order valence-corrected chi connectivity index (χ4v) is 3.00. The first kappa shape index (κ1) is 32.2. The molecule has 1 N–H and O–H groups in total. The van der Waals surface area contributed by atoms with Crippen LogP contribution in [0.5, 0.6) is 5.75 Å². The number of hydrogen-bond donors (Lipinski definition) is 1. The normalized spacial score (nSPS) is 13.8. The molecular formula is C29H35F3N2O4. The first-order chi connectivity index (χ1) is 18.0.